The average Bonchev–Trinajstić information content (AvgIpc) is 2.95. The molecular weight excluding hydrogens is 336 g/mol. The van der Waals surface area contributed by atoms with E-state index in [4.69, 9.17) is 0 Å². The summed E-state index contributed by atoms with van der Waals surface area (Å²) in [4.78, 5) is 33.0. The lowest BCUT2D eigenvalue weighted by atomic mass is 10.2. The van der Waals surface area contributed by atoms with Gasteiger partial charge in [0.05, 0.1) is 15.8 Å². The van der Waals surface area contributed by atoms with Crippen LogP contribution in [0.1, 0.15) is 31.1 Å². The van der Waals surface area contributed by atoms with Gasteiger partial charge in [-0.25, -0.2) is 4.98 Å². The quantitative estimate of drug-likeness (QED) is 0.734. The number of amides is 1. The fourth-order valence-electron chi connectivity index (χ4n) is 2.71. The zero-order chi connectivity index (χ0) is 18.0. The van der Waals surface area contributed by atoms with Crippen molar-refractivity contribution in [2.75, 3.05) is 16.8 Å². The minimum Gasteiger partial charge on any atom is -0.354 e. The summed E-state index contributed by atoms with van der Waals surface area (Å²) < 4.78 is 0.812. The molecule has 0 aliphatic carbocycles. The van der Waals surface area contributed by atoms with Crippen molar-refractivity contribution in [3.8, 4) is 0 Å². The lowest BCUT2D eigenvalue weighted by molar-refractivity contribution is 0.102. The maximum absolute atomic E-state index is 12.4. The molecule has 2 heterocycles. The van der Waals surface area contributed by atoms with E-state index in [1.165, 1.54) is 0 Å². The van der Waals surface area contributed by atoms with Gasteiger partial charge in [0.15, 0.2) is 0 Å². The van der Waals surface area contributed by atoms with E-state index in [0.29, 0.717) is 17.3 Å². The summed E-state index contributed by atoms with van der Waals surface area (Å²) in [7, 11) is 0. The first kappa shape index (κ1) is 17.2. The second-order valence-electron chi connectivity index (χ2n) is 5.96. The highest BCUT2D eigenvalue weighted by Crippen LogP contribution is 2.20. The molecule has 2 N–H and O–H groups in total. The number of rotatable bonds is 5. The van der Waals surface area contributed by atoms with Crippen LogP contribution in [0.5, 0.6) is 0 Å². The third kappa shape index (κ3) is 3.71. The molecule has 0 unspecified atom stereocenters. The van der Waals surface area contributed by atoms with Crippen LogP contribution in [-0.2, 0) is 0 Å². The van der Waals surface area contributed by atoms with Gasteiger partial charge in [-0.3, -0.25) is 9.59 Å². The van der Waals surface area contributed by atoms with E-state index in [9.17, 15) is 9.59 Å². The number of aromatic nitrogens is 2. The van der Waals surface area contributed by atoms with E-state index in [0.717, 1.165) is 33.9 Å². The molecule has 0 radical (unpaired) electrons. The van der Waals surface area contributed by atoms with Gasteiger partial charge in [0.2, 0.25) is 0 Å². The first-order valence-corrected chi connectivity index (χ1v) is 8.96. The Balaban J connectivity index is 1.76. The highest BCUT2D eigenvalue weighted by Gasteiger charge is 2.12. The molecular formula is C18H20N4O2S. The molecule has 0 saturated heterocycles. The second-order valence-corrected chi connectivity index (χ2v) is 6.98. The third-order valence-electron chi connectivity index (χ3n) is 3.95. The van der Waals surface area contributed by atoms with Crippen LogP contribution in [0.3, 0.4) is 0 Å². The number of thiazole rings is 1. The van der Waals surface area contributed by atoms with E-state index in [-0.39, 0.29) is 10.8 Å². The number of H-pyrrole nitrogens is 1. The van der Waals surface area contributed by atoms with Gasteiger partial charge in [-0.15, -0.1) is 0 Å². The minimum absolute atomic E-state index is 0.108. The fraction of sp³-hybridized carbons (Fsp3) is 0.278. The summed E-state index contributed by atoms with van der Waals surface area (Å²) in [6.45, 7) is 7.15. The van der Waals surface area contributed by atoms with E-state index >= 15 is 0 Å². The van der Waals surface area contributed by atoms with Crippen molar-refractivity contribution in [3.05, 3.63) is 51.8 Å². The first-order valence-electron chi connectivity index (χ1n) is 8.15. The molecule has 3 aromatic rings. The molecule has 0 bridgehead atoms. The number of anilines is 2. The molecule has 25 heavy (non-hydrogen) atoms. The molecule has 6 nitrogen and oxygen atoms in total. The number of nitrogens with zero attached hydrogens (tertiary/aromatic N) is 2. The largest absolute Gasteiger partial charge is 0.354 e. The molecule has 0 fully saturated rings. The molecule has 0 saturated carbocycles. The lowest BCUT2D eigenvalue weighted by Crippen LogP contribution is -2.31. The van der Waals surface area contributed by atoms with Crippen molar-refractivity contribution in [1.29, 1.82) is 0 Å². The van der Waals surface area contributed by atoms with E-state index in [2.05, 4.69) is 41.0 Å². The van der Waals surface area contributed by atoms with Crippen LogP contribution < -0.4 is 15.1 Å². The third-order valence-corrected chi connectivity index (χ3v) is 4.79. The van der Waals surface area contributed by atoms with Gasteiger partial charge in [0.25, 0.3) is 5.91 Å². The summed E-state index contributed by atoms with van der Waals surface area (Å²) in [5.41, 5.74) is 1.91. The predicted molar refractivity (Wildman–Crippen MR) is 103 cm³/mol. The summed E-state index contributed by atoms with van der Waals surface area (Å²) in [6.07, 6.45) is 1.59. The Morgan fingerprint density at radius 3 is 2.76 bits per heavy atom. The first-order chi connectivity index (χ1) is 12.0. The maximum Gasteiger partial charge on any atom is 0.305 e. The Kier molecular flexibility index (Phi) is 4.85. The van der Waals surface area contributed by atoms with Gasteiger partial charge in [-0.2, -0.15) is 0 Å². The molecule has 0 aliphatic rings. The average molecular weight is 356 g/mol. The molecule has 1 aromatic carbocycles. The van der Waals surface area contributed by atoms with Crippen molar-refractivity contribution in [3.63, 3.8) is 0 Å². The van der Waals surface area contributed by atoms with E-state index < -0.39 is 0 Å². The topological polar surface area (TPSA) is 78.1 Å². The predicted octanol–water partition coefficient (Wildman–Crippen LogP) is 3.47. The molecule has 0 aliphatic heterocycles. The van der Waals surface area contributed by atoms with Gasteiger partial charge < -0.3 is 15.2 Å². The second kappa shape index (κ2) is 7.06. The smallest absolute Gasteiger partial charge is 0.305 e. The molecule has 3 rings (SSSR count). The Bertz CT molecular complexity index is 944. The van der Waals surface area contributed by atoms with Crippen molar-refractivity contribution in [2.24, 2.45) is 0 Å². The monoisotopic (exact) mass is 356 g/mol. The Hall–Kier alpha value is -2.67. The number of nitrogens with one attached hydrogen (secondary N) is 2. The Morgan fingerprint density at radius 2 is 2.12 bits per heavy atom. The van der Waals surface area contributed by atoms with Crippen LogP contribution in [-0.4, -0.2) is 28.5 Å². The molecule has 7 heteroatoms. The molecule has 0 spiro atoms. The summed E-state index contributed by atoms with van der Waals surface area (Å²) in [5, 5.41) is 2.84. The number of fused-ring (bicyclic) bond motifs is 1. The number of hydrogen-bond donors (Lipinski definition) is 2. The summed E-state index contributed by atoms with van der Waals surface area (Å²) >= 11 is 1.12. The number of benzene rings is 1. The van der Waals surface area contributed by atoms with Crippen molar-refractivity contribution in [2.45, 2.75) is 26.8 Å². The zero-order valence-corrected chi connectivity index (χ0v) is 15.2. The van der Waals surface area contributed by atoms with Crippen LogP contribution in [0.2, 0.25) is 0 Å². The molecule has 1 amide bonds. The lowest BCUT2D eigenvalue weighted by Gasteiger charge is -2.26. The Morgan fingerprint density at radius 1 is 1.32 bits per heavy atom. The van der Waals surface area contributed by atoms with Crippen molar-refractivity contribution in [1.82, 2.24) is 9.97 Å². The van der Waals surface area contributed by atoms with Crippen LogP contribution >= 0.6 is 11.3 Å². The minimum atomic E-state index is -0.228. The van der Waals surface area contributed by atoms with Crippen LogP contribution in [0.4, 0.5) is 11.5 Å². The molecule has 0 atom stereocenters. The number of hydrogen-bond acceptors (Lipinski definition) is 5. The zero-order valence-electron chi connectivity index (χ0n) is 14.4. The van der Waals surface area contributed by atoms with Gasteiger partial charge in [0.1, 0.15) is 5.82 Å². The van der Waals surface area contributed by atoms with Crippen LogP contribution in [0, 0.1) is 0 Å². The van der Waals surface area contributed by atoms with Crippen LogP contribution in [0.15, 0.2) is 41.3 Å². The standard InChI is InChI=1S/C18H20N4O2S/c1-4-22(11(2)3)16-8-5-12(10-19-16)17(23)20-13-6-7-14-15(9-13)25-18(24)21-14/h5-11H,4H2,1-3H3,(H,20,23)(H,21,24). The number of aromatic amines is 1. The number of carbonyl (C=O) groups is 1. The number of pyridine rings is 1. The summed E-state index contributed by atoms with van der Waals surface area (Å²) in [6, 6.07) is 9.32. The normalized spacial score (nSPS) is 11.0. The molecule has 2 aromatic heterocycles. The van der Waals surface area contributed by atoms with E-state index in [1.54, 1.807) is 30.5 Å². The van der Waals surface area contributed by atoms with Crippen LogP contribution in [0.25, 0.3) is 10.2 Å². The van der Waals surface area contributed by atoms with Crippen molar-refractivity contribution < 1.29 is 4.79 Å². The maximum atomic E-state index is 12.4. The highest BCUT2D eigenvalue weighted by atomic mass is 32.1. The Labute approximate surface area is 149 Å². The molecule has 130 valence electrons. The van der Waals surface area contributed by atoms with E-state index in [1.807, 2.05) is 6.07 Å². The highest BCUT2D eigenvalue weighted by molar-refractivity contribution is 7.16. The van der Waals surface area contributed by atoms with Gasteiger partial charge in [-0.1, -0.05) is 11.3 Å². The van der Waals surface area contributed by atoms with Gasteiger partial charge >= 0.3 is 4.87 Å². The van der Waals surface area contributed by atoms with Gasteiger partial charge in [-0.05, 0) is 51.1 Å². The van der Waals surface area contributed by atoms with Gasteiger partial charge in [0, 0.05) is 24.5 Å². The fourth-order valence-corrected chi connectivity index (χ4v) is 3.48. The SMILES string of the molecule is CCN(c1ccc(C(=O)Nc2ccc3[nH]c(=O)sc3c2)cn1)C(C)C. The summed E-state index contributed by atoms with van der Waals surface area (Å²) in [5.74, 6) is 0.626. The number of carbonyl (C=O) groups excluding carboxylic acids is 1. The van der Waals surface area contributed by atoms with Crippen molar-refractivity contribution >= 4 is 39.0 Å².